The summed E-state index contributed by atoms with van der Waals surface area (Å²) in [4.78, 5) is 69.9. The maximum absolute atomic E-state index is 14.3. The third-order valence-electron chi connectivity index (χ3n) is 8.57. The van der Waals surface area contributed by atoms with E-state index in [1.807, 2.05) is 63.2 Å². The van der Waals surface area contributed by atoms with Gasteiger partial charge in [-0.25, -0.2) is 9.59 Å². The van der Waals surface area contributed by atoms with E-state index in [1.54, 1.807) is 33.8 Å². The van der Waals surface area contributed by atoms with Crippen LogP contribution in [0.4, 0.5) is 4.79 Å². The van der Waals surface area contributed by atoms with Crippen molar-refractivity contribution in [2.75, 3.05) is 20.7 Å². The maximum Gasteiger partial charge on any atom is 0.410 e. The van der Waals surface area contributed by atoms with Gasteiger partial charge in [0.25, 0.3) is 0 Å². The standard InChI is InChI=1S/C37H52N4O7/c1-11-14-25-21-29(32(43)38-28(34(45)47-10)20-24-17-18-26-15-12-13-16-27(26)19-24)41(22-25)33(44)30(36(3,4)5)39-31(42)23(2)40(9)35(46)48-37(6,7)8/h11-13,15-19,23,25,28-30H,1,14,20-22H2,2-10H3,(H,38,43)(H,39,42)/t23?,25-,28-,29?,30?/m0/s1. The van der Waals surface area contributed by atoms with Gasteiger partial charge in [-0.2, -0.15) is 0 Å². The number of methoxy groups -OCH3 is 1. The molecule has 0 bridgehead atoms. The van der Waals surface area contributed by atoms with E-state index < -0.39 is 65.0 Å². The minimum absolute atomic E-state index is 0.0483. The fourth-order valence-electron chi connectivity index (χ4n) is 5.77. The predicted molar refractivity (Wildman–Crippen MR) is 185 cm³/mol. The lowest BCUT2D eigenvalue weighted by Crippen LogP contribution is -2.60. The number of benzene rings is 2. The lowest BCUT2D eigenvalue weighted by molar-refractivity contribution is -0.147. The van der Waals surface area contributed by atoms with Crippen LogP contribution >= 0.6 is 0 Å². The van der Waals surface area contributed by atoms with E-state index in [2.05, 4.69) is 17.2 Å². The number of allylic oxidation sites excluding steroid dienone is 1. The maximum atomic E-state index is 14.3. The Morgan fingerprint density at radius 2 is 1.67 bits per heavy atom. The van der Waals surface area contributed by atoms with Gasteiger partial charge in [-0.05, 0) is 68.2 Å². The van der Waals surface area contributed by atoms with Gasteiger partial charge in [0.15, 0.2) is 0 Å². The summed E-state index contributed by atoms with van der Waals surface area (Å²) in [5.41, 5.74) is -0.658. The second-order valence-electron chi connectivity index (χ2n) is 14.7. The summed E-state index contributed by atoms with van der Waals surface area (Å²) >= 11 is 0. The molecule has 262 valence electrons. The zero-order chi connectivity index (χ0) is 36.0. The molecule has 2 N–H and O–H groups in total. The van der Waals surface area contributed by atoms with Crippen molar-refractivity contribution in [3.05, 3.63) is 60.7 Å². The molecule has 0 spiro atoms. The van der Waals surface area contributed by atoms with E-state index in [4.69, 9.17) is 9.47 Å². The molecule has 0 saturated carbocycles. The van der Waals surface area contributed by atoms with Crippen molar-refractivity contribution in [3.63, 3.8) is 0 Å². The first-order chi connectivity index (χ1) is 22.4. The van der Waals surface area contributed by atoms with Crippen LogP contribution in [0.1, 0.15) is 66.9 Å². The van der Waals surface area contributed by atoms with Crippen LogP contribution in [0, 0.1) is 11.3 Å². The van der Waals surface area contributed by atoms with Gasteiger partial charge in [0.1, 0.15) is 29.8 Å². The number of rotatable bonds is 11. The van der Waals surface area contributed by atoms with Crippen LogP contribution in [0.25, 0.3) is 10.8 Å². The number of likely N-dealkylation sites (tertiary alicyclic amines) is 1. The molecule has 0 radical (unpaired) electrons. The summed E-state index contributed by atoms with van der Waals surface area (Å²) < 4.78 is 10.5. The lowest BCUT2D eigenvalue weighted by Gasteiger charge is -2.37. The quantitative estimate of drug-likeness (QED) is 0.265. The van der Waals surface area contributed by atoms with Crippen molar-refractivity contribution in [2.24, 2.45) is 11.3 Å². The summed E-state index contributed by atoms with van der Waals surface area (Å²) in [5.74, 6) is -2.10. The van der Waals surface area contributed by atoms with Crippen LogP contribution < -0.4 is 10.6 Å². The molecule has 2 aromatic carbocycles. The number of amides is 4. The first-order valence-corrected chi connectivity index (χ1v) is 16.4. The number of likely N-dealkylation sites (N-methyl/N-ethyl adjacent to an activating group) is 1. The Balaban J connectivity index is 1.84. The molecule has 3 rings (SSSR count). The second-order valence-corrected chi connectivity index (χ2v) is 14.7. The van der Waals surface area contributed by atoms with Gasteiger partial charge in [-0.3, -0.25) is 19.3 Å². The summed E-state index contributed by atoms with van der Waals surface area (Å²) in [7, 11) is 2.73. The van der Waals surface area contributed by atoms with E-state index in [9.17, 15) is 24.0 Å². The Hall–Kier alpha value is -4.41. The summed E-state index contributed by atoms with van der Waals surface area (Å²) in [6, 6.07) is 9.86. The molecule has 11 heteroatoms. The number of nitrogens with one attached hydrogen (secondary N) is 2. The first kappa shape index (κ1) is 38.0. The third-order valence-corrected chi connectivity index (χ3v) is 8.57. The highest BCUT2D eigenvalue weighted by molar-refractivity contribution is 5.95. The van der Waals surface area contributed by atoms with Gasteiger partial charge < -0.3 is 25.0 Å². The number of hydrogen-bond donors (Lipinski definition) is 2. The van der Waals surface area contributed by atoms with E-state index in [0.717, 1.165) is 16.3 Å². The van der Waals surface area contributed by atoms with Gasteiger partial charge in [-0.1, -0.05) is 69.3 Å². The Bertz CT molecular complexity index is 1510. The molecule has 1 heterocycles. The number of ether oxygens (including phenoxy) is 2. The third kappa shape index (κ3) is 9.81. The predicted octanol–water partition coefficient (Wildman–Crippen LogP) is 4.62. The molecule has 1 aliphatic heterocycles. The van der Waals surface area contributed by atoms with Crippen LogP contribution in [0.2, 0.25) is 0 Å². The van der Waals surface area contributed by atoms with Gasteiger partial charge in [0.05, 0.1) is 7.11 Å². The topological polar surface area (TPSA) is 134 Å². The van der Waals surface area contributed by atoms with Crippen LogP contribution in [0.3, 0.4) is 0 Å². The zero-order valence-electron chi connectivity index (χ0n) is 29.8. The molecule has 2 aromatic rings. The SMILES string of the molecule is C=CC[C@H]1CC(C(=O)N[C@@H](Cc2ccc3ccccc3c2)C(=O)OC)N(C(=O)C(NC(=O)C(C)N(C)C(=O)OC(C)(C)C)C(C)(C)C)C1. The molecular formula is C37H52N4O7. The number of carbonyl (C=O) groups excluding carboxylic acids is 5. The summed E-state index contributed by atoms with van der Waals surface area (Å²) in [6.07, 6.45) is 2.22. The van der Waals surface area contributed by atoms with Gasteiger partial charge in [0.2, 0.25) is 17.7 Å². The molecular weight excluding hydrogens is 612 g/mol. The molecule has 1 aliphatic rings. The lowest BCUT2D eigenvalue weighted by atomic mass is 9.85. The van der Waals surface area contributed by atoms with Crippen molar-refractivity contribution < 1.29 is 33.4 Å². The number of nitrogens with zero attached hydrogens (tertiary/aromatic N) is 2. The highest BCUT2D eigenvalue weighted by Crippen LogP contribution is 2.31. The Labute approximate surface area is 284 Å². The fraction of sp³-hybridized carbons (Fsp3) is 0.541. The highest BCUT2D eigenvalue weighted by Gasteiger charge is 2.45. The summed E-state index contributed by atoms with van der Waals surface area (Å²) in [6.45, 7) is 16.3. The molecule has 1 saturated heterocycles. The van der Waals surface area contributed by atoms with Crippen molar-refractivity contribution in [3.8, 4) is 0 Å². The minimum Gasteiger partial charge on any atom is -0.467 e. The molecule has 0 aromatic heterocycles. The molecule has 11 nitrogen and oxygen atoms in total. The number of carbonyl (C=O) groups is 5. The van der Waals surface area contributed by atoms with Crippen LogP contribution in [-0.2, 0) is 35.1 Å². The van der Waals surface area contributed by atoms with Crippen molar-refractivity contribution >= 4 is 40.6 Å². The fourth-order valence-corrected chi connectivity index (χ4v) is 5.77. The van der Waals surface area contributed by atoms with Crippen molar-refractivity contribution in [1.82, 2.24) is 20.4 Å². The number of hydrogen-bond acceptors (Lipinski definition) is 7. The Kier molecular flexibility index (Phi) is 12.4. The highest BCUT2D eigenvalue weighted by atomic mass is 16.6. The van der Waals surface area contributed by atoms with Gasteiger partial charge in [0, 0.05) is 20.0 Å². The van der Waals surface area contributed by atoms with Gasteiger partial charge >= 0.3 is 12.1 Å². The number of esters is 1. The molecule has 5 atom stereocenters. The van der Waals surface area contributed by atoms with Gasteiger partial charge in [-0.15, -0.1) is 6.58 Å². The normalized spacial score (nSPS) is 18.3. The Morgan fingerprint density at radius 1 is 1.02 bits per heavy atom. The zero-order valence-corrected chi connectivity index (χ0v) is 29.8. The van der Waals surface area contributed by atoms with Crippen LogP contribution in [0.15, 0.2) is 55.1 Å². The molecule has 1 fully saturated rings. The average molecular weight is 665 g/mol. The van der Waals surface area contributed by atoms with E-state index in [1.165, 1.54) is 24.0 Å². The van der Waals surface area contributed by atoms with Crippen molar-refractivity contribution in [2.45, 2.75) is 97.5 Å². The van der Waals surface area contributed by atoms with E-state index in [-0.39, 0.29) is 18.9 Å². The monoisotopic (exact) mass is 664 g/mol. The minimum atomic E-state index is -1.02. The largest absolute Gasteiger partial charge is 0.467 e. The molecule has 3 unspecified atom stereocenters. The van der Waals surface area contributed by atoms with E-state index >= 15 is 0 Å². The first-order valence-electron chi connectivity index (χ1n) is 16.4. The Morgan fingerprint density at radius 3 is 2.25 bits per heavy atom. The summed E-state index contributed by atoms with van der Waals surface area (Å²) in [5, 5.41) is 7.77. The van der Waals surface area contributed by atoms with Crippen LogP contribution in [-0.4, -0.2) is 90.1 Å². The second kappa shape index (κ2) is 15.7. The molecule has 48 heavy (non-hydrogen) atoms. The smallest absolute Gasteiger partial charge is 0.410 e. The average Bonchev–Trinajstić information content (AvgIpc) is 3.44. The van der Waals surface area contributed by atoms with Crippen LogP contribution in [0.5, 0.6) is 0 Å². The van der Waals surface area contributed by atoms with E-state index in [0.29, 0.717) is 12.8 Å². The van der Waals surface area contributed by atoms with Crippen molar-refractivity contribution in [1.29, 1.82) is 0 Å². The molecule has 0 aliphatic carbocycles. The number of fused-ring (bicyclic) bond motifs is 1. The molecule has 4 amide bonds.